The third-order valence-corrected chi connectivity index (χ3v) is 4.37. The third-order valence-electron chi connectivity index (χ3n) is 2.92. The fraction of sp³-hybridized carbons (Fsp3) is 0.188. The zero-order valence-corrected chi connectivity index (χ0v) is 13.0. The summed E-state index contributed by atoms with van der Waals surface area (Å²) in [5, 5.41) is 9.48. The minimum absolute atomic E-state index is 0.430. The Bertz CT molecular complexity index is 613. The van der Waals surface area contributed by atoms with E-state index in [0.29, 0.717) is 11.4 Å². The zero-order chi connectivity index (χ0) is 15.2. The second kappa shape index (κ2) is 7.38. The van der Waals surface area contributed by atoms with E-state index in [2.05, 4.69) is 0 Å². The van der Waals surface area contributed by atoms with E-state index in [4.69, 9.17) is 16.3 Å². The van der Waals surface area contributed by atoms with E-state index in [9.17, 15) is 9.90 Å². The first-order valence-electron chi connectivity index (χ1n) is 6.36. The Hall–Kier alpha value is -1.65. The molecule has 0 spiro atoms. The van der Waals surface area contributed by atoms with Crippen LogP contribution in [0.15, 0.2) is 53.4 Å². The predicted octanol–water partition coefficient (Wildman–Crippen LogP) is 4.14. The van der Waals surface area contributed by atoms with Crippen LogP contribution in [-0.2, 0) is 11.2 Å². The van der Waals surface area contributed by atoms with Crippen molar-refractivity contribution in [3.05, 3.63) is 59.1 Å². The third kappa shape index (κ3) is 4.69. The van der Waals surface area contributed by atoms with Gasteiger partial charge in [0.15, 0.2) is 0 Å². The topological polar surface area (TPSA) is 46.5 Å². The zero-order valence-electron chi connectivity index (χ0n) is 11.5. The number of benzene rings is 2. The molecule has 21 heavy (non-hydrogen) atoms. The number of thioether (sulfide) groups is 1. The van der Waals surface area contributed by atoms with E-state index in [1.54, 1.807) is 19.2 Å². The highest BCUT2D eigenvalue weighted by atomic mass is 35.5. The number of halogens is 1. The molecule has 0 aliphatic heterocycles. The van der Waals surface area contributed by atoms with Gasteiger partial charge >= 0.3 is 5.97 Å². The van der Waals surface area contributed by atoms with Gasteiger partial charge in [-0.2, -0.15) is 0 Å². The molecule has 0 radical (unpaired) electrons. The fourth-order valence-corrected chi connectivity index (χ4v) is 2.99. The van der Waals surface area contributed by atoms with Gasteiger partial charge in [0.1, 0.15) is 11.0 Å². The van der Waals surface area contributed by atoms with Crippen molar-refractivity contribution in [2.75, 3.05) is 7.11 Å². The molecular formula is C16H15ClO3S. The van der Waals surface area contributed by atoms with Gasteiger partial charge in [-0.1, -0.05) is 23.7 Å². The summed E-state index contributed by atoms with van der Waals surface area (Å²) in [5.41, 5.74) is 0.934. The number of hydrogen-bond donors (Lipinski definition) is 1. The molecule has 0 amide bonds. The summed E-state index contributed by atoms with van der Waals surface area (Å²) < 4.78 is 5.16. The number of carbonyl (C=O) groups is 1. The minimum Gasteiger partial charge on any atom is -0.497 e. The Morgan fingerprint density at radius 3 is 2.62 bits per heavy atom. The van der Waals surface area contributed by atoms with Crippen LogP contribution in [0.4, 0.5) is 0 Å². The first-order chi connectivity index (χ1) is 10.1. The number of rotatable bonds is 6. The van der Waals surface area contributed by atoms with E-state index in [0.717, 1.165) is 16.2 Å². The van der Waals surface area contributed by atoms with Gasteiger partial charge in [-0.05, 0) is 48.4 Å². The molecule has 0 aliphatic rings. The highest BCUT2D eigenvalue weighted by Gasteiger charge is 2.19. The van der Waals surface area contributed by atoms with Gasteiger partial charge in [-0.3, -0.25) is 4.79 Å². The number of ether oxygens (including phenoxy) is 1. The molecule has 0 heterocycles. The maximum Gasteiger partial charge on any atom is 0.317 e. The molecule has 0 saturated heterocycles. The van der Waals surface area contributed by atoms with Crippen molar-refractivity contribution in [1.82, 2.24) is 0 Å². The highest BCUT2D eigenvalue weighted by molar-refractivity contribution is 8.00. The van der Waals surface area contributed by atoms with Gasteiger partial charge in [0.05, 0.1) is 7.11 Å². The standard InChI is InChI=1S/C16H15ClO3S/c1-20-13-4-2-3-11(9-13)10-15(16(18)19)21-14-7-5-12(17)6-8-14/h2-9,15H,10H2,1H3,(H,18,19)/t15-/m1/s1. The summed E-state index contributed by atoms with van der Waals surface area (Å²) in [5.74, 6) is -0.106. The lowest BCUT2D eigenvalue weighted by Gasteiger charge is -2.13. The molecule has 1 N–H and O–H groups in total. The van der Waals surface area contributed by atoms with Crippen molar-refractivity contribution in [2.24, 2.45) is 0 Å². The van der Waals surface area contributed by atoms with Crippen LogP contribution in [0.25, 0.3) is 0 Å². The summed E-state index contributed by atoms with van der Waals surface area (Å²) in [4.78, 5) is 12.3. The normalized spacial score (nSPS) is 11.9. The fourth-order valence-electron chi connectivity index (χ4n) is 1.87. The Labute approximate surface area is 132 Å². The molecule has 0 bridgehead atoms. The van der Waals surface area contributed by atoms with E-state index in [1.807, 2.05) is 36.4 Å². The monoisotopic (exact) mass is 322 g/mol. The first kappa shape index (κ1) is 15.7. The van der Waals surface area contributed by atoms with Crippen molar-refractivity contribution < 1.29 is 14.6 Å². The van der Waals surface area contributed by atoms with Crippen molar-refractivity contribution >= 4 is 29.3 Å². The van der Waals surface area contributed by atoms with Crippen molar-refractivity contribution in [3.63, 3.8) is 0 Å². The smallest absolute Gasteiger partial charge is 0.317 e. The summed E-state index contributed by atoms with van der Waals surface area (Å²) >= 11 is 7.15. The average Bonchev–Trinajstić information content (AvgIpc) is 2.49. The lowest BCUT2D eigenvalue weighted by atomic mass is 10.1. The molecule has 0 unspecified atom stereocenters. The van der Waals surface area contributed by atoms with Crippen LogP contribution in [0.3, 0.4) is 0 Å². The molecule has 5 heteroatoms. The van der Waals surface area contributed by atoms with Crippen LogP contribution in [-0.4, -0.2) is 23.4 Å². The quantitative estimate of drug-likeness (QED) is 0.812. The molecule has 0 fully saturated rings. The van der Waals surface area contributed by atoms with Crippen LogP contribution in [0.1, 0.15) is 5.56 Å². The van der Waals surface area contributed by atoms with Gasteiger partial charge < -0.3 is 9.84 Å². The van der Waals surface area contributed by atoms with Crippen LogP contribution in [0, 0.1) is 0 Å². The number of hydrogen-bond acceptors (Lipinski definition) is 3. The second-order valence-electron chi connectivity index (χ2n) is 4.45. The van der Waals surface area contributed by atoms with Gasteiger partial charge in [0, 0.05) is 9.92 Å². The lowest BCUT2D eigenvalue weighted by Crippen LogP contribution is -2.19. The highest BCUT2D eigenvalue weighted by Crippen LogP contribution is 2.28. The molecule has 2 aromatic rings. The molecule has 110 valence electrons. The number of carboxylic acid groups (broad SMARTS) is 1. The Balaban J connectivity index is 2.11. The number of methoxy groups -OCH3 is 1. The molecule has 0 saturated carbocycles. The first-order valence-corrected chi connectivity index (χ1v) is 7.62. The Kier molecular flexibility index (Phi) is 5.53. The maximum absolute atomic E-state index is 11.5. The van der Waals surface area contributed by atoms with Crippen molar-refractivity contribution in [2.45, 2.75) is 16.6 Å². The minimum atomic E-state index is -0.835. The van der Waals surface area contributed by atoms with Gasteiger partial charge in [-0.15, -0.1) is 11.8 Å². The lowest BCUT2D eigenvalue weighted by molar-refractivity contribution is -0.136. The van der Waals surface area contributed by atoms with Gasteiger partial charge in [0.2, 0.25) is 0 Å². The van der Waals surface area contributed by atoms with Crippen molar-refractivity contribution in [3.8, 4) is 5.75 Å². The van der Waals surface area contributed by atoms with E-state index in [-0.39, 0.29) is 0 Å². The van der Waals surface area contributed by atoms with E-state index < -0.39 is 11.2 Å². The SMILES string of the molecule is COc1cccc(C[C@@H](Sc2ccc(Cl)cc2)C(=O)O)c1. The van der Waals surface area contributed by atoms with Crippen LogP contribution in [0.2, 0.25) is 5.02 Å². The predicted molar refractivity (Wildman–Crippen MR) is 85.4 cm³/mol. The van der Waals surface area contributed by atoms with E-state index >= 15 is 0 Å². The molecule has 2 rings (SSSR count). The molecule has 3 nitrogen and oxygen atoms in total. The summed E-state index contributed by atoms with van der Waals surface area (Å²) in [7, 11) is 1.59. The second-order valence-corrected chi connectivity index (χ2v) is 6.17. The van der Waals surface area contributed by atoms with Crippen LogP contribution in [0.5, 0.6) is 5.75 Å². The molecule has 0 aliphatic carbocycles. The summed E-state index contributed by atoms with van der Waals surface area (Å²) in [6.45, 7) is 0. The van der Waals surface area contributed by atoms with E-state index in [1.165, 1.54) is 11.8 Å². The largest absolute Gasteiger partial charge is 0.497 e. The number of carboxylic acids is 1. The van der Waals surface area contributed by atoms with Crippen LogP contribution >= 0.6 is 23.4 Å². The Morgan fingerprint density at radius 2 is 2.00 bits per heavy atom. The van der Waals surface area contributed by atoms with Gasteiger partial charge in [0.25, 0.3) is 0 Å². The summed E-state index contributed by atoms with van der Waals surface area (Å²) in [6, 6.07) is 14.6. The molecule has 1 atom stereocenters. The Morgan fingerprint density at radius 1 is 1.29 bits per heavy atom. The summed E-state index contributed by atoms with van der Waals surface area (Å²) in [6.07, 6.45) is 0.430. The van der Waals surface area contributed by atoms with Crippen molar-refractivity contribution in [1.29, 1.82) is 0 Å². The molecule has 0 aromatic heterocycles. The number of aliphatic carboxylic acids is 1. The molecule has 2 aromatic carbocycles. The maximum atomic E-state index is 11.5. The molecular weight excluding hydrogens is 308 g/mol. The van der Waals surface area contributed by atoms with Crippen LogP contribution < -0.4 is 4.74 Å². The van der Waals surface area contributed by atoms with Gasteiger partial charge in [-0.25, -0.2) is 0 Å². The average molecular weight is 323 g/mol.